The number of likely N-dealkylation sites (tertiary alicyclic amines) is 2. The van der Waals surface area contributed by atoms with Gasteiger partial charge in [0.2, 0.25) is 5.91 Å². The van der Waals surface area contributed by atoms with Crippen LogP contribution in [0.3, 0.4) is 0 Å². The molecule has 2 saturated heterocycles. The van der Waals surface area contributed by atoms with Gasteiger partial charge in [0.25, 0.3) is 0 Å². The first-order valence-corrected chi connectivity index (χ1v) is 12.0. The Balaban J connectivity index is 1.36. The second-order valence-corrected chi connectivity index (χ2v) is 10.3. The molecule has 3 aliphatic rings. The molecular formula is C23H41N5O3. The SMILES string of the molecule is CN=C(NCC1CCN(C(=O)OC(C)(C)C)CC1)NC1CCN(C(=O)C2CCCC2)C1. The quantitative estimate of drug-likeness (QED) is 0.524. The lowest BCUT2D eigenvalue weighted by molar-refractivity contribution is -0.134. The molecule has 1 atom stereocenters. The zero-order valence-electron chi connectivity index (χ0n) is 19.8. The Morgan fingerprint density at radius 2 is 1.65 bits per heavy atom. The second kappa shape index (κ2) is 10.6. The smallest absolute Gasteiger partial charge is 0.410 e. The minimum absolute atomic E-state index is 0.214. The van der Waals surface area contributed by atoms with Gasteiger partial charge in [-0.05, 0) is 58.8 Å². The van der Waals surface area contributed by atoms with Crippen molar-refractivity contribution in [3.05, 3.63) is 0 Å². The molecule has 0 aromatic carbocycles. The van der Waals surface area contributed by atoms with Crippen LogP contribution in [-0.4, -0.2) is 79.2 Å². The third kappa shape index (κ3) is 7.01. The summed E-state index contributed by atoms with van der Waals surface area (Å²) in [6.45, 7) is 9.59. The van der Waals surface area contributed by atoms with Crippen molar-refractivity contribution in [2.45, 2.75) is 77.4 Å². The topological polar surface area (TPSA) is 86.3 Å². The summed E-state index contributed by atoms with van der Waals surface area (Å²) in [5, 5.41) is 6.94. The molecule has 0 aromatic rings. The number of carbonyl (C=O) groups is 2. The van der Waals surface area contributed by atoms with Crippen molar-refractivity contribution in [1.29, 1.82) is 0 Å². The minimum atomic E-state index is -0.453. The predicted octanol–water partition coefficient (Wildman–Crippen LogP) is 2.59. The van der Waals surface area contributed by atoms with Crippen molar-refractivity contribution in [3.8, 4) is 0 Å². The van der Waals surface area contributed by atoms with Crippen molar-refractivity contribution in [2.75, 3.05) is 39.8 Å². The Hall–Kier alpha value is -1.99. The molecule has 8 nitrogen and oxygen atoms in total. The summed E-state index contributed by atoms with van der Waals surface area (Å²) < 4.78 is 5.47. The summed E-state index contributed by atoms with van der Waals surface area (Å²) in [6, 6.07) is 0.255. The number of ether oxygens (including phenoxy) is 1. The van der Waals surface area contributed by atoms with E-state index in [1.54, 1.807) is 7.05 Å². The van der Waals surface area contributed by atoms with Crippen LogP contribution in [0.1, 0.15) is 65.7 Å². The molecule has 2 N–H and O–H groups in total. The first-order chi connectivity index (χ1) is 14.7. The van der Waals surface area contributed by atoms with Gasteiger partial charge in [-0.2, -0.15) is 0 Å². The Labute approximate surface area is 187 Å². The van der Waals surface area contributed by atoms with E-state index in [1.165, 1.54) is 12.8 Å². The van der Waals surface area contributed by atoms with Crippen molar-refractivity contribution in [2.24, 2.45) is 16.8 Å². The highest BCUT2D eigenvalue weighted by atomic mass is 16.6. The van der Waals surface area contributed by atoms with Crippen LogP contribution < -0.4 is 10.6 Å². The first kappa shape index (κ1) is 23.7. The molecule has 3 fully saturated rings. The van der Waals surface area contributed by atoms with Crippen molar-refractivity contribution in [3.63, 3.8) is 0 Å². The average Bonchev–Trinajstić information content (AvgIpc) is 3.42. The molecule has 1 aliphatic carbocycles. The number of piperidine rings is 1. The van der Waals surface area contributed by atoms with Gasteiger partial charge in [-0.25, -0.2) is 4.79 Å². The number of nitrogens with zero attached hydrogens (tertiary/aromatic N) is 3. The molecular weight excluding hydrogens is 394 g/mol. The van der Waals surface area contributed by atoms with Gasteiger partial charge >= 0.3 is 6.09 Å². The molecule has 8 heteroatoms. The fourth-order valence-electron chi connectivity index (χ4n) is 4.78. The number of carbonyl (C=O) groups excluding carboxylic acids is 2. The van der Waals surface area contributed by atoms with Crippen LogP contribution in [0.15, 0.2) is 4.99 Å². The van der Waals surface area contributed by atoms with Crippen molar-refractivity contribution in [1.82, 2.24) is 20.4 Å². The van der Waals surface area contributed by atoms with Crippen LogP contribution in [0.5, 0.6) is 0 Å². The molecule has 0 bridgehead atoms. The van der Waals surface area contributed by atoms with E-state index in [1.807, 2.05) is 30.6 Å². The van der Waals surface area contributed by atoms with Crippen LogP contribution >= 0.6 is 0 Å². The molecule has 1 unspecified atom stereocenters. The van der Waals surface area contributed by atoms with Crippen LogP contribution in [-0.2, 0) is 9.53 Å². The molecule has 1 saturated carbocycles. The number of hydrogen-bond donors (Lipinski definition) is 2. The lowest BCUT2D eigenvalue weighted by atomic mass is 9.97. The number of amides is 2. The lowest BCUT2D eigenvalue weighted by Gasteiger charge is -2.33. The zero-order chi connectivity index (χ0) is 22.4. The third-order valence-corrected chi connectivity index (χ3v) is 6.59. The van der Waals surface area contributed by atoms with Gasteiger partial charge in [0.15, 0.2) is 5.96 Å². The average molecular weight is 436 g/mol. The van der Waals surface area contributed by atoms with Gasteiger partial charge in [-0.15, -0.1) is 0 Å². The summed E-state index contributed by atoms with van der Waals surface area (Å²) in [6.07, 6.45) is 7.17. The van der Waals surface area contributed by atoms with E-state index in [4.69, 9.17) is 4.74 Å². The van der Waals surface area contributed by atoms with Gasteiger partial charge in [-0.3, -0.25) is 9.79 Å². The van der Waals surface area contributed by atoms with Crippen LogP contribution in [0.25, 0.3) is 0 Å². The number of aliphatic imine (C=N–C) groups is 1. The molecule has 2 amide bonds. The lowest BCUT2D eigenvalue weighted by Crippen LogP contribution is -2.48. The summed E-state index contributed by atoms with van der Waals surface area (Å²) >= 11 is 0. The minimum Gasteiger partial charge on any atom is -0.444 e. The molecule has 2 aliphatic heterocycles. The highest BCUT2D eigenvalue weighted by Gasteiger charge is 2.33. The highest BCUT2D eigenvalue weighted by Crippen LogP contribution is 2.28. The number of rotatable bonds is 4. The fourth-order valence-corrected chi connectivity index (χ4v) is 4.78. The first-order valence-electron chi connectivity index (χ1n) is 12.0. The maximum absolute atomic E-state index is 12.6. The standard InChI is InChI=1S/C23H41N5O3/c1-23(2,3)31-22(30)27-12-9-17(10-13-27)15-25-21(24-4)26-19-11-14-28(16-19)20(29)18-7-5-6-8-18/h17-19H,5-16H2,1-4H3,(H2,24,25,26). The van der Waals surface area contributed by atoms with Crippen LogP contribution in [0.2, 0.25) is 0 Å². The van der Waals surface area contributed by atoms with E-state index >= 15 is 0 Å². The van der Waals surface area contributed by atoms with Gasteiger partial charge in [-0.1, -0.05) is 12.8 Å². The van der Waals surface area contributed by atoms with E-state index in [-0.39, 0.29) is 18.1 Å². The second-order valence-electron chi connectivity index (χ2n) is 10.3. The summed E-state index contributed by atoms with van der Waals surface area (Å²) in [5.41, 5.74) is -0.453. The number of hydrogen-bond acceptors (Lipinski definition) is 4. The Kier molecular flexibility index (Phi) is 8.06. The maximum Gasteiger partial charge on any atom is 0.410 e. The zero-order valence-corrected chi connectivity index (χ0v) is 19.8. The van der Waals surface area contributed by atoms with E-state index in [0.29, 0.717) is 11.8 Å². The van der Waals surface area contributed by atoms with Crippen molar-refractivity contribution < 1.29 is 14.3 Å². The van der Waals surface area contributed by atoms with Gasteiger partial charge in [0.1, 0.15) is 5.60 Å². The molecule has 31 heavy (non-hydrogen) atoms. The summed E-state index contributed by atoms with van der Waals surface area (Å²) in [7, 11) is 1.79. The third-order valence-electron chi connectivity index (χ3n) is 6.59. The number of guanidine groups is 1. The Morgan fingerprint density at radius 1 is 1.00 bits per heavy atom. The normalized spacial score (nSPS) is 23.9. The van der Waals surface area contributed by atoms with E-state index in [0.717, 1.165) is 70.8 Å². The maximum atomic E-state index is 12.6. The van der Waals surface area contributed by atoms with E-state index < -0.39 is 5.60 Å². The highest BCUT2D eigenvalue weighted by molar-refractivity contribution is 5.81. The monoisotopic (exact) mass is 435 g/mol. The molecule has 176 valence electrons. The van der Waals surface area contributed by atoms with Crippen LogP contribution in [0.4, 0.5) is 4.79 Å². The van der Waals surface area contributed by atoms with Gasteiger partial charge < -0.3 is 25.2 Å². The van der Waals surface area contributed by atoms with Crippen LogP contribution in [0, 0.1) is 11.8 Å². The largest absolute Gasteiger partial charge is 0.444 e. The molecule has 3 rings (SSSR count). The summed E-state index contributed by atoms with van der Waals surface area (Å²) in [5.74, 6) is 1.90. The molecule has 0 spiro atoms. The van der Waals surface area contributed by atoms with E-state index in [2.05, 4.69) is 15.6 Å². The molecule has 0 aromatic heterocycles. The van der Waals surface area contributed by atoms with E-state index in [9.17, 15) is 9.59 Å². The van der Waals surface area contributed by atoms with Gasteiger partial charge in [0.05, 0.1) is 0 Å². The Bertz CT molecular complexity index is 646. The number of nitrogens with one attached hydrogen (secondary N) is 2. The fraction of sp³-hybridized carbons (Fsp3) is 0.870. The Morgan fingerprint density at radius 3 is 2.26 bits per heavy atom. The molecule has 0 radical (unpaired) electrons. The van der Waals surface area contributed by atoms with Crippen molar-refractivity contribution >= 4 is 18.0 Å². The molecule has 2 heterocycles. The predicted molar refractivity (Wildman–Crippen MR) is 122 cm³/mol. The summed E-state index contributed by atoms with van der Waals surface area (Å²) in [4.78, 5) is 33.1. The van der Waals surface area contributed by atoms with Gasteiger partial charge in [0, 0.05) is 51.7 Å².